The highest BCUT2D eigenvalue weighted by molar-refractivity contribution is 7.99. The summed E-state index contributed by atoms with van der Waals surface area (Å²) in [6.07, 6.45) is 1.19. The molecule has 2 aliphatic rings. The SMILES string of the molecule is COC(=O)NC1CCN(C(=O)C2CSCN2)CC1. The number of hydrogen-bond acceptors (Lipinski definition) is 5. The number of nitrogens with zero attached hydrogens (tertiary/aromatic N) is 1. The van der Waals surface area contributed by atoms with Crippen LogP contribution in [0.3, 0.4) is 0 Å². The number of methoxy groups -OCH3 is 1. The number of piperidine rings is 1. The van der Waals surface area contributed by atoms with Crippen LogP contribution in [0.2, 0.25) is 0 Å². The molecule has 18 heavy (non-hydrogen) atoms. The van der Waals surface area contributed by atoms with E-state index >= 15 is 0 Å². The average molecular weight is 273 g/mol. The number of ether oxygens (including phenoxy) is 1. The van der Waals surface area contributed by atoms with Crippen molar-refractivity contribution in [3.05, 3.63) is 0 Å². The lowest BCUT2D eigenvalue weighted by atomic mass is 10.0. The summed E-state index contributed by atoms with van der Waals surface area (Å²) in [7, 11) is 1.36. The number of likely N-dealkylation sites (tertiary alicyclic amines) is 1. The summed E-state index contributed by atoms with van der Waals surface area (Å²) >= 11 is 1.75. The standard InChI is InChI=1S/C11H19N3O3S/c1-17-11(16)13-8-2-4-14(5-3-8)10(15)9-6-18-7-12-9/h8-9,12H,2-7H2,1H3,(H,13,16). The van der Waals surface area contributed by atoms with Crippen molar-refractivity contribution in [3.8, 4) is 0 Å². The number of carbonyl (C=O) groups excluding carboxylic acids is 2. The molecule has 0 aliphatic carbocycles. The normalized spacial score (nSPS) is 24.9. The van der Waals surface area contributed by atoms with Crippen LogP contribution >= 0.6 is 11.8 Å². The van der Waals surface area contributed by atoms with Gasteiger partial charge in [0.15, 0.2) is 0 Å². The summed E-state index contributed by atoms with van der Waals surface area (Å²) in [5.41, 5.74) is 0. The second-order valence-corrected chi connectivity index (χ2v) is 5.54. The van der Waals surface area contributed by atoms with E-state index in [2.05, 4.69) is 15.4 Å². The second kappa shape index (κ2) is 6.29. The molecule has 6 nitrogen and oxygen atoms in total. The lowest BCUT2D eigenvalue weighted by Crippen LogP contribution is -2.51. The summed E-state index contributed by atoms with van der Waals surface area (Å²) in [4.78, 5) is 25.1. The van der Waals surface area contributed by atoms with Crippen LogP contribution in [0, 0.1) is 0 Å². The van der Waals surface area contributed by atoms with Crippen LogP contribution in [0.1, 0.15) is 12.8 Å². The van der Waals surface area contributed by atoms with E-state index in [1.807, 2.05) is 4.90 Å². The number of alkyl carbamates (subject to hydrolysis) is 1. The first-order valence-electron chi connectivity index (χ1n) is 6.15. The van der Waals surface area contributed by atoms with Crippen molar-refractivity contribution in [2.45, 2.75) is 24.9 Å². The van der Waals surface area contributed by atoms with E-state index in [1.54, 1.807) is 11.8 Å². The molecule has 0 bridgehead atoms. The van der Waals surface area contributed by atoms with Crippen molar-refractivity contribution >= 4 is 23.8 Å². The molecule has 1 unspecified atom stereocenters. The number of rotatable bonds is 2. The predicted octanol–water partition coefficient (Wildman–Crippen LogP) is -0.00410. The molecule has 2 amide bonds. The van der Waals surface area contributed by atoms with Crippen molar-refractivity contribution in [3.63, 3.8) is 0 Å². The van der Waals surface area contributed by atoms with Gasteiger partial charge in [0.1, 0.15) is 0 Å². The first kappa shape index (κ1) is 13.5. The van der Waals surface area contributed by atoms with Crippen molar-refractivity contribution < 1.29 is 14.3 Å². The molecule has 2 fully saturated rings. The Kier molecular flexibility index (Phi) is 4.71. The van der Waals surface area contributed by atoms with Crippen LogP contribution in [0.25, 0.3) is 0 Å². The van der Waals surface area contributed by atoms with E-state index in [-0.39, 0.29) is 18.0 Å². The smallest absolute Gasteiger partial charge is 0.407 e. The molecule has 0 radical (unpaired) electrons. The van der Waals surface area contributed by atoms with E-state index in [4.69, 9.17) is 0 Å². The molecule has 7 heteroatoms. The van der Waals surface area contributed by atoms with Gasteiger partial charge in [0.2, 0.25) is 5.91 Å². The van der Waals surface area contributed by atoms with Crippen molar-refractivity contribution in [1.29, 1.82) is 0 Å². The van der Waals surface area contributed by atoms with Crippen LogP contribution in [-0.4, -0.2) is 60.8 Å². The van der Waals surface area contributed by atoms with Gasteiger partial charge in [-0.05, 0) is 12.8 Å². The van der Waals surface area contributed by atoms with Crippen molar-refractivity contribution in [2.24, 2.45) is 0 Å². The topological polar surface area (TPSA) is 70.7 Å². The number of carbonyl (C=O) groups is 2. The fourth-order valence-corrected chi connectivity index (χ4v) is 3.18. The molecular weight excluding hydrogens is 254 g/mol. The zero-order valence-corrected chi connectivity index (χ0v) is 11.3. The third-order valence-corrected chi connectivity index (χ3v) is 4.27. The maximum atomic E-state index is 12.1. The molecule has 2 saturated heterocycles. The summed E-state index contributed by atoms with van der Waals surface area (Å²) in [5, 5.41) is 5.97. The fraction of sp³-hybridized carbons (Fsp3) is 0.818. The predicted molar refractivity (Wildman–Crippen MR) is 69.4 cm³/mol. The molecule has 2 heterocycles. The van der Waals surface area contributed by atoms with Gasteiger partial charge in [-0.15, -0.1) is 11.8 Å². The van der Waals surface area contributed by atoms with Crippen molar-refractivity contribution in [2.75, 3.05) is 31.8 Å². The Morgan fingerprint density at radius 1 is 1.39 bits per heavy atom. The van der Waals surface area contributed by atoms with Gasteiger partial charge in [-0.25, -0.2) is 4.79 Å². The molecular formula is C11H19N3O3S. The fourth-order valence-electron chi connectivity index (χ4n) is 2.24. The summed E-state index contributed by atoms with van der Waals surface area (Å²) < 4.78 is 4.57. The zero-order chi connectivity index (χ0) is 13.0. The molecule has 0 aromatic rings. The van der Waals surface area contributed by atoms with E-state index in [0.29, 0.717) is 13.1 Å². The van der Waals surface area contributed by atoms with Gasteiger partial charge in [0.05, 0.1) is 13.2 Å². The molecule has 2 aliphatic heterocycles. The lowest BCUT2D eigenvalue weighted by Gasteiger charge is -2.33. The van der Waals surface area contributed by atoms with Crippen molar-refractivity contribution in [1.82, 2.24) is 15.5 Å². The minimum absolute atomic E-state index is 0.0277. The van der Waals surface area contributed by atoms with Gasteiger partial charge in [-0.3, -0.25) is 10.1 Å². The minimum Gasteiger partial charge on any atom is -0.453 e. The molecule has 0 spiro atoms. The third-order valence-electron chi connectivity index (χ3n) is 3.33. The van der Waals surface area contributed by atoms with Gasteiger partial charge in [0, 0.05) is 30.8 Å². The minimum atomic E-state index is -0.395. The second-order valence-electron chi connectivity index (χ2n) is 4.51. The maximum absolute atomic E-state index is 12.1. The van der Waals surface area contributed by atoms with Crippen LogP contribution < -0.4 is 10.6 Å². The molecule has 2 rings (SSSR count). The summed E-state index contributed by atoms with van der Waals surface area (Å²) in [6, 6.07) is 0.0903. The van der Waals surface area contributed by atoms with Gasteiger partial charge in [0.25, 0.3) is 0 Å². The number of hydrogen-bond donors (Lipinski definition) is 2. The van der Waals surface area contributed by atoms with Gasteiger partial charge >= 0.3 is 6.09 Å². The molecule has 0 saturated carbocycles. The summed E-state index contributed by atoms with van der Waals surface area (Å²) in [6.45, 7) is 1.41. The van der Waals surface area contributed by atoms with Crippen LogP contribution in [-0.2, 0) is 9.53 Å². The third kappa shape index (κ3) is 3.29. The highest BCUT2D eigenvalue weighted by atomic mass is 32.2. The number of nitrogens with one attached hydrogen (secondary N) is 2. The largest absolute Gasteiger partial charge is 0.453 e. The zero-order valence-electron chi connectivity index (χ0n) is 10.5. The van der Waals surface area contributed by atoms with E-state index in [0.717, 1.165) is 24.5 Å². The maximum Gasteiger partial charge on any atom is 0.407 e. The first-order chi connectivity index (χ1) is 8.70. The number of thioether (sulfide) groups is 1. The Morgan fingerprint density at radius 3 is 2.67 bits per heavy atom. The molecule has 0 aromatic heterocycles. The first-order valence-corrected chi connectivity index (χ1v) is 7.30. The van der Waals surface area contributed by atoms with E-state index in [1.165, 1.54) is 7.11 Å². The van der Waals surface area contributed by atoms with Crippen LogP contribution in [0.15, 0.2) is 0 Å². The highest BCUT2D eigenvalue weighted by Crippen LogP contribution is 2.16. The van der Waals surface area contributed by atoms with Crippen LogP contribution in [0.5, 0.6) is 0 Å². The lowest BCUT2D eigenvalue weighted by molar-refractivity contribution is -0.133. The molecule has 2 N–H and O–H groups in total. The Bertz CT molecular complexity index is 313. The average Bonchev–Trinajstić information content (AvgIpc) is 2.92. The van der Waals surface area contributed by atoms with E-state index in [9.17, 15) is 9.59 Å². The molecule has 102 valence electrons. The van der Waals surface area contributed by atoms with Gasteiger partial charge in [-0.1, -0.05) is 0 Å². The Hall–Kier alpha value is -0.950. The van der Waals surface area contributed by atoms with Crippen LogP contribution in [0.4, 0.5) is 4.79 Å². The van der Waals surface area contributed by atoms with E-state index < -0.39 is 6.09 Å². The Morgan fingerprint density at radius 2 is 2.11 bits per heavy atom. The van der Waals surface area contributed by atoms with Gasteiger partial charge < -0.3 is 15.0 Å². The Labute approximate surface area is 111 Å². The molecule has 0 aromatic carbocycles. The molecule has 1 atom stereocenters. The Balaban J connectivity index is 1.75. The number of amides is 2. The quantitative estimate of drug-likeness (QED) is 0.741. The monoisotopic (exact) mass is 273 g/mol. The van der Waals surface area contributed by atoms with Gasteiger partial charge in [-0.2, -0.15) is 0 Å². The highest BCUT2D eigenvalue weighted by Gasteiger charge is 2.30. The summed E-state index contributed by atoms with van der Waals surface area (Å²) in [5.74, 6) is 1.91.